The van der Waals surface area contributed by atoms with Gasteiger partial charge in [-0.1, -0.05) is 17.3 Å². The molecular weight excluding hydrogens is 314 g/mol. The number of aromatic nitrogens is 1. The Bertz CT molecular complexity index is 677. The van der Waals surface area contributed by atoms with Gasteiger partial charge in [-0.15, -0.1) is 0 Å². The average molecular weight is 341 g/mol. The van der Waals surface area contributed by atoms with Crippen LogP contribution in [0.15, 0.2) is 46.1 Å². The summed E-state index contributed by atoms with van der Waals surface area (Å²) in [7, 11) is 0. The summed E-state index contributed by atoms with van der Waals surface area (Å²) in [5, 5.41) is 10.7. The summed E-state index contributed by atoms with van der Waals surface area (Å²) in [6.07, 6.45) is 4.15. The van der Waals surface area contributed by atoms with Gasteiger partial charge in [0.2, 0.25) is 0 Å². The second kappa shape index (κ2) is 8.55. The monoisotopic (exact) mass is 341 g/mol. The van der Waals surface area contributed by atoms with Crippen molar-refractivity contribution in [3.8, 4) is 0 Å². The third kappa shape index (κ3) is 4.75. The molecule has 2 N–H and O–H groups in total. The van der Waals surface area contributed by atoms with Crippen LogP contribution < -0.4 is 15.5 Å². The standard InChI is InChI=1S/C19H27N5O/c1-3-20-19(21-14-17-9-12-25-23-17)22-15(2)16-7-6-8-18(13-16)24-10-4-5-11-24/h6-9,12-13,15H,3-5,10-11,14H2,1-2H3,(H2,20,21,22). The molecule has 0 amide bonds. The van der Waals surface area contributed by atoms with Crippen LogP contribution in [0.4, 0.5) is 5.69 Å². The second-order valence-electron chi connectivity index (χ2n) is 6.34. The Morgan fingerprint density at radius 2 is 2.16 bits per heavy atom. The van der Waals surface area contributed by atoms with Crippen LogP contribution in [0.3, 0.4) is 0 Å². The number of nitrogens with one attached hydrogen (secondary N) is 2. The quantitative estimate of drug-likeness (QED) is 0.624. The van der Waals surface area contributed by atoms with Gasteiger partial charge in [0, 0.05) is 31.4 Å². The highest BCUT2D eigenvalue weighted by Gasteiger charge is 2.14. The molecule has 1 atom stereocenters. The van der Waals surface area contributed by atoms with E-state index in [0.29, 0.717) is 6.54 Å². The predicted octanol–water partition coefficient (Wildman–Crippen LogP) is 3.09. The first-order valence-electron chi connectivity index (χ1n) is 9.05. The first kappa shape index (κ1) is 17.3. The summed E-state index contributed by atoms with van der Waals surface area (Å²) in [5.74, 6) is 0.782. The molecule has 1 aromatic carbocycles. The molecule has 1 aliphatic heterocycles. The topological polar surface area (TPSA) is 65.7 Å². The molecule has 1 fully saturated rings. The Morgan fingerprint density at radius 3 is 2.88 bits per heavy atom. The molecule has 1 aromatic heterocycles. The molecule has 0 saturated carbocycles. The maximum absolute atomic E-state index is 4.85. The number of nitrogens with zero attached hydrogens (tertiary/aromatic N) is 3. The lowest BCUT2D eigenvalue weighted by Crippen LogP contribution is -2.38. The summed E-state index contributed by atoms with van der Waals surface area (Å²) >= 11 is 0. The lowest BCUT2D eigenvalue weighted by molar-refractivity contribution is 0.412. The fraction of sp³-hybridized carbons (Fsp3) is 0.474. The van der Waals surface area contributed by atoms with E-state index < -0.39 is 0 Å². The molecule has 1 aliphatic rings. The van der Waals surface area contributed by atoms with Gasteiger partial charge in [-0.2, -0.15) is 0 Å². The minimum Gasteiger partial charge on any atom is -0.372 e. The van der Waals surface area contributed by atoms with Gasteiger partial charge in [0.05, 0.1) is 12.6 Å². The van der Waals surface area contributed by atoms with Crippen LogP contribution in [-0.4, -0.2) is 30.8 Å². The van der Waals surface area contributed by atoms with E-state index in [1.807, 2.05) is 6.07 Å². The van der Waals surface area contributed by atoms with Gasteiger partial charge in [0.15, 0.2) is 5.96 Å². The normalized spacial score (nSPS) is 16.1. The molecule has 1 saturated heterocycles. The average Bonchev–Trinajstić information content (AvgIpc) is 3.33. The molecule has 2 aromatic rings. The SMILES string of the molecule is CCNC(=NCc1ccon1)NC(C)c1cccc(N2CCCC2)c1. The summed E-state index contributed by atoms with van der Waals surface area (Å²) < 4.78 is 4.85. The van der Waals surface area contributed by atoms with Gasteiger partial charge in [-0.25, -0.2) is 4.99 Å². The summed E-state index contributed by atoms with van der Waals surface area (Å²) in [6, 6.07) is 10.8. The van der Waals surface area contributed by atoms with Gasteiger partial charge in [-0.05, 0) is 44.4 Å². The highest BCUT2D eigenvalue weighted by atomic mass is 16.5. The molecule has 6 heteroatoms. The van der Waals surface area contributed by atoms with Gasteiger partial charge < -0.3 is 20.1 Å². The van der Waals surface area contributed by atoms with Gasteiger partial charge in [0.25, 0.3) is 0 Å². The van der Waals surface area contributed by atoms with Gasteiger partial charge >= 0.3 is 0 Å². The van der Waals surface area contributed by atoms with E-state index in [9.17, 15) is 0 Å². The van der Waals surface area contributed by atoms with Crippen LogP contribution in [0.5, 0.6) is 0 Å². The number of hydrogen-bond donors (Lipinski definition) is 2. The highest BCUT2D eigenvalue weighted by Crippen LogP contribution is 2.23. The number of hydrogen-bond acceptors (Lipinski definition) is 4. The zero-order valence-corrected chi connectivity index (χ0v) is 15.0. The zero-order chi connectivity index (χ0) is 17.5. The van der Waals surface area contributed by atoms with Crippen molar-refractivity contribution < 1.29 is 4.52 Å². The number of anilines is 1. The number of guanidine groups is 1. The molecule has 0 bridgehead atoms. The van der Waals surface area contributed by atoms with Gasteiger partial charge in [0.1, 0.15) is 12.0 Å². The van der Waals surface area contributed by atoms with Crippen molar-refractivity contribution in [1.82, 2.24) is 15.8 Å². The second-order valence-corrected chi connectivity index (χ2v) is 6.34. The molecule has 2 heterocycles. The summed E-state index contributed by atoms with van der Waals surface area (Å²) in [5.41, 5.74) is 3.39. The zero-order valence-electron chi connectivity index (χ0n) is 15.0. The highest BCUT2D eigenvalue weighted by molar-refractivity contribution is 5.80. The van der Waals surface area contributed by atoms with Crippen molar-refractivity contribution in [2.24, 2.45) is 4.99 Å². The Hall–Kier alpha value is -2.50. The van der Waals surface area contributed by atoms with Crippen molar-refractivity contribution in [3.05, 3.63) is 47.9 Å². The van der Waals surface area contributed by atoms with E-state index in [1.165, 1.54) is 24.1 Å². The van der Waals surface area contributed by atoms with E-state index in [0.717, 1.165) is 31.3 Å². The van der Waals surface area contributed by atoms with E-state index >= 15 is 0 Å². The molecule has 134 valence electrons. The van der Waals surface area contributed by atoms with Crippen LogP contribution >= 0.6 is 0 Å². The molecular formula is C19H27N5O. The van der Waals surface area contributed by atoms with Crippen LogP contribution in [0.25, 0.3) is 0 Å². The molecule has 6 nitrogen and oxygen atoms in total. The Labute approximate surface area is 149 Å². The van der Waals surface area contributed by atoms with Crippen molar-refractivity contribution in [2.45, 2.75) is 39.3 Å². The van der Waals surface area contributed by atoms with E-state index in [-0.39, 0.29) is 6.04 Å². The van der Waals surface area contributed by atoms with Crippen LogP contribution in [0, 0.1) is 0 Å². The molecule has 0 radical (unpaired) electrons. The maximum Gasteiger partial charge on any atom is 0.192 e. The number of aliphatic imine (C=N–C) groups is 1. The molecule has 0 spiro atoms. The first-order chi connectivity index (χ1) is 12.3. The smallest absolute Gasteiger partial charge is 0.192 e. The van der Waals surface area contributed by atoms with Crippen LogP contribution in [-0.2, 0) is 6.54 Å². The van der Waals surface area contributed by atoms with Crippen LogP contribution in [0.1, 0.15) is 44.0 Å². The minimum absolute atomic E-state index is 0.165. The molecule has 3 rings (SSSR count). The fourth-order valence-corrected chi connectivity index (χ4v) is 3.05. The fourth-order valence-electron chi connectivity index (χ4n) is 3.05. The third-order valence-corrected chi connectivity index (χ3v) is 4.43. The maximum atomic E-state index is 4.85. The van der Waals surface area contributed by atoms with Crippen molar-refractivity contribution >= 4 is 11.6 Å². The summed E-state index contributed by atoms with van der Waals surface area (Å²) in [4.78, 5) is 7.04. The lowest BCUT2D eigenvalue weighted by atomic mass is 10.1. The largest absolute Gasteiger partial charge is 0.372 e. The van der Waals surface area contributed by atoms with E-state index in [4.69, 9.17) is 4.52 Å². The first-order valence-corrected chi connectivity index (χ1v) is 9.05. The van der Waals surface area contributed by atoms with E-state index in [1.54, 1.807) is 6.26 Å². The van der Waals surface area contributed by atoms with Gasteiger partial charge in [-0.3, -0.25) is 0 Å². The minimum atomic E-state index is 0.165. The van der Waals surface area contributed by atoms with Crippen LogP contribution in [0.2, 0.25) is 0 Å². The molecule has 25 heavy (non-hydrogen) atoms. The Balaban J connectivity index is 1.67. The third-order valence-electron chi connectivity index (χ3n) is 4.43. The van der Waals surface area contributed by atoms with E-state index in [2.05, 4.69) is 63.8 Å². The van der Waals surface area contributed by atoms with Crippen molar-refractivity contribution in [2.75, 3.05) is 24.5 Å². The summed E-state index contributed by atoms with van der Waals surface area (Å²) in [6.45, 7) is 7.84. The van der Waals surface area contributed by atoms with Crippen molar-refractivity contribution in [1.29, 1.82) is 0 Å². The Morgan fingerprint density at radius 1 is 1.32 bits per heavy atom. The Kier molecular flexibility index (Phi) is 5.93. The predicted molar refractivity (Wildman–Crippen MR) is 101 cm³/mol. The van der Waals surface area contributed by atoms with Crippen molar-refractivity contribution in [3.63, 3.8) is 0 Å². The molecule has 0 aliphatic carbocycles. The number of rotatable bonds is 6. The molecule has 1 unspecified atom stereocenters. The number of benzene rings is 1. The lowest BCUT2D eigenvalue weighted by Gasteiger charge is -2.22.